The number of rotatable bonds is 2. The van der Waals surface area contributed by atoms with E-state index >= 15 is 0 Å². The summed E-state index contributed by atoms with van der Waals surface area (Å²) in [4.78, 5) is 11.7. The molecule has 0 aromatic heterocycles. The predicted molar refractivity (Wildman–Crippen MR) is 56.2 cm³/mol. The smallest absolute Gasteiger partial charge is 0.238 e. The topological polar surface area (TPSA) is 50.4 Å². The normalized spacial score (nSPS) is 37.4. The molecule has 80 valence electrons. The van der Waals surface area contributed by atoms with E-state index in [-0.39, 0.29) is 24.1 Å². The van der Waals surface area contributed by atoms with E-state index in [2.05, 4.69) is 10.6 Å². The van der Waals surface area contributed by atoms with E-state index in [1.807, 2.05) is 6.92 Å². The van der Waals surface area contributed by atoms with Gasteiger partial charge in [0.05, 0.1) is 18.2 Å². The Kier molecular flexibility index (Phi) is 3.30. The molecule has 0 spiro atoms. The zero-order valence-corrected chi connectivity index (χ0v) is 9.10. The molecule has 4 nitrogen and oxygen atoms in total. The number of thioether (sulfide) groups is 1. The van der Waals surface area contributed by atoms with Gasteiger partial charge in [0.1, 0.15) is 0 Å². The van der Waals surface area contributed by atoms with Crippen molar-refractivity contribution in [3.05, 3.63) is 0 Å². The summed E-state index contributed by atoms with van der Waals surface area (Å²) in [6.45, 7) is 2.77. The lowest BCUT2D eigenvalue weighted by molar-refractivity contribution is -0.123. The maximum Gasteiger partial charge on any atom is 0.238 e. The van der Waals surface area contributed by atoms with Crippen LogP contribution in [0.5, 0.6) is 0 Å². The second kappa shape index (κ2) is 4.51. The van der Waals surface area contributed by atoms with Gasteiger partial charge in [-0.2, -0.15) is 0 Å². The van der Waals surface area contributed by atoms with Gasteiger partial charge in [0.2, 0.25) is 5.91 Å². The number of ether oxygens (including phenoxy) is 1. The fraction of sp³-hybridized carbons (Fsp3) is 0.889. The van der Waals surface area contributed by atoms with Crippen LogP contribution in [0.2, 0.25) is 0 Å². The first-order valence-electron chi connectivity index (χ1n) is 5.00. The summed E-state index contributed by atoms with van der Waals surface area (Å²) in [7, 11) is 0. The second-order valence-corrected chi connectivity index (χ2v) is 4.78. The van der Waals surface area contributed by atoms with Crippen LogP contribution >= 0.6 is 11.8 Å². The minimum absolute atomic E-state index is 0.00667. The van der Waals surface area contributed by atoms with Gasteiger partial charge in [-0.25, -0.2) is 0 Å². The van der Waals surface area contributed by atoms with Gasteiger partial charge in [-0.05, 0) is 13.3 Å². The predicted octanol–water partition coefficient (Wildman–Crippen LogP) is -0.0575. The third kappa shape index (κ3) is 2.21. The lowest BCUT2D eigenvalue weighted by atomic mass is 10.1. The average Bonchev–Trinajstić information content (AvgIpc) is 2.77. The molecular formula is C9H16N2O2S. The molecule has 0 aliphatic carbocycles. The number of carbonyl (C=O) groups excluding carboxylic acids is 1. The second-order valence-electron chi connectivity index (χ2n) is 3.75. The Morgan fingerprint density at radius 1 is 1.64 bits per heavy atom. The molecule has 2 fully saturated rings. The first-order chi connectivity index (χ1) is 6.77. The van der Waals surface area contributed by atoms with Gasteiger partial charge in [0.25, 0.3) is 0 Å². The van der Waals surface area contributed by atoms with E-state index in [1.165, 1.54) is 0 Å². The van der Waals surface area contributed by atoms with Crippen LogP contribution in [-0.2, 0) is 9.53 Å². The van der Waals surface area contributed by atoms with Crippen LogP contribution in [0.3, 0.4) is 0 Å². The standard InChI is InChI=1S/C9H16N2O2S/c1-6-7(2-3-13-6)11-9(12)8-4-14-5-10-8/h6-8,10H,2-5H2,1H3,(H,11,12)/t6?,7?,8-/m1/s1. The molecule has 2 aliphatic rings. The number of carbonyl (C=O) groups is 1. The Labute approximate surface area is 88.1 Å². The molecule has 0 aromatic carbocycles. The van der Waals surface area contributed by atoms with Crippen molar-refractivity contribution < 1.29 is 9.53 Å². The highest BCUT2D eigenvalue weighted by atomic mass is 32.2. The molecule has 1 amide bonds. The lowest BCUT2D eigenvalue weighted by Gasteiger charge is -2.18. The summed E-state index contributed by atoms with van der Waals surface area (Å²) in [6, 6.07) is 0.197. The molecule has 5 heteroatoms. The van der Waals surface area contributed by atoms with Crippen molar-refractivity contribution >= 4 is 17.7 Å². The van der Waals surface area contributed by atoms with Crippen LogP contribution in [-0.4, -0.2) is 42.3 Å². The fourth-order valence-electron chi connectivity index (χ4n) is 1.77. The quantitative estimate of drug-likeness (QED) is 0.679. The molecule has 2 saturated heterocycles. The van der Waals surface area contributed by atoms with E-state index in [1.54, 1.807) is 11.8 Å². The lowest BCUT2D eigenvalue weighted by Crippen LogP contribution is -2.48. The largest absolute Gasteiger partial charge is 0.376 e. The van der Waals surface area contributed by atoms with Crippen LogP contribution in [0.25, 0.3) is 0 Å². The molecule has 2 unspecified atom stereocenters. The van der Waals surface area contributed by atoms with E-state index in [0.717, 1.165) is 24.7 Å². The summed E-state index contributed by atoms with van der Waals surface area (Å²) in [5, 5.41) is 6.19. The number of hydrogen-bond acceptors (Lipinski definition) is 4. The molecule has 0 saturated carbocycles. The zero-order valence-electron chi connectivity index (χ0n) is 8.29. The molecule has 0 aromatic rings. The zero-order chi connectivity index (χ0) is 9.97. The summed E-state index contributed by atoms with van der Waals surface area (Å²) in [5.74, 6) is 1.89. The molecule has 2 heterocycles. The van der Waals surface area contributed by atoms with Gasteiger partial charge in [0.15, 0.2) is 0 Å². The minimum atomic E-state index is -0.00667. The van der Waals surface area contributed by atoms with Crippen molar-refractivity contribution in [3.63, 3.8) is 0 Å². The molecule has 0 bridgehead atoms. The number of nitrogens with one attached hydrogen (secondary N) is 2. The van der Waals surface area contributed by atoms with Crippen molar-refractivity contribution in [1.82, 2.24) is 10.6 Å². The molecule has 14 heavy (non-hydrogen) atoms. The maximum atomic E-state index is 11.7. The summed E-state index contributed by atoms with van der Waals surface area (Å²) in [6.07, 6.45) is 1.10. The summed E-state index contributed by atoms with van der Waals surface area (Å²) < 4.78 is 5.39. The number of amides is 1. The fourth-order valence-corrected chi connectivity index (χ4v) is 2.71. The van der Waals surface area contributed by atoms with Gasteiger partial charge < -0.3 is 10.1 Å². The molecule has 2 rings (SSSR count). The highest BCUT2D eigenvalue weighted by molar-refractivity contribution is 7.99. The van der Waals surface area contributed by atoms with Gasteiger partial charge in [0, 0.05) is 18.2 Å². The highest BCUT2D eigenvalue weighted by Crippen LogP contribution is 2.14. The molecule has 2 N–H and O–H groups in total. The van der Waals surface area contributed by atoms with Crippen LogP contribution < -0.4 is 10.6 Å². The van der Waals surface area contributed by atoms with Crippen molar-refractivity contribution in [2.75, 3.05) is 18.2 Å². The Morgan fingerprint density at radius 3 is 3.07 bits per heavy atom. The van der Waals surface area contributed by atoms with Crippen LogP contribution in [0.4, 0.5) is 0 Å². The maximum absolute atomic E-state index is 11.7. The van der Waals surface area contributed by atoms with E-state index in [0.29, 0.717) is 0 Å². The van der Waals surface area contributed by atoms with Crippen molar-refractivity contribution in [2.45, 2.75) is 31.5 Å². The molecule has 0 radical (unpaired) electrons. The Hall–Kier alpha value is -0.260. The molecule has 2 aliphatic heterocycles. The van der Waals surface area contributed by atoms with Gasteiger partial charge in [-0.3, -0.25) is 10.1 Å². The summed E-state index contributed by atoms with van der Waals surface area (Å²) in [5.41, 5.74) is 0. The Morgan fingerprint density at radius 2 is 2.50 bits per heavy atom. The van der Waals surface area contributed by atoms with E-state index in [9.17, 15) is 4.79 Å². The van der Waals surface area contributed by atoms with Gasteiger partial charge in [-0.15, -0.1) is 11.8 Å². The van der Waals surface area contributed by atoms with Crippen LogP contribution in [0.1, 0.15) is 13.3 Å². The van der Waals surface area contributed by atoms with Crippen LogP contribution in [0.15, 0.2) is 0 Å². The Bertz CT molecular complexity index is 219. The first kappa shape index (κ1) is 10.3. The van der Waals surface area contributed by atoms with Crippen LogP contribution in [0, 0.1) is 0 Å². The monoisotopic (exact) mass is 216 g/mol. The number of hydrogen-bond donors (Lipinski definition) is 2. The van der Waals surface area contributed by atoms with Crippen molar-refractivity contribution in [1.29, 1.82) is 0 Å². The Balaban J connectivity index is 1.81. The SMILES string of the molecule is CC1OCCC1NC(=O)[C@H]1CSCN1. The third-order valence-corrected chi connectivity index (χ3v) is 3.68. The third-order valence-electron chi connectivity index (χ3n) is 2.74. The summed E-state index contributed by atoms with van der Waals surface area (Å²) >= 11 is 1.77. The van der Waals surface area contributed by atoms with E-state index < -0.39 is 0 Å². The van der Waals surface area contributed by atoms with Gasteiger partial charge in [-0.1, -0.05) is 0 Å². The highest BCUT2D eigenvalue weighted by Gasteiger charge is 2.29. The first-order valence-corrected chi connectivity index (χ1v) is 6.16. The van der Waals surface area contributed by atoms with E-state index in [4.69, 9.17) is 4.74 Å². The van der Waals surface area contributed by atoms with Crippen molar-refractivity contribution in [3.8, 4) is 0 Å². The minimum Gasteiger partial charge on any atom is -0.376 e. The average molecular weight is 216 g/mol. The van der Waals surface area contributed by atoms with Gasteiger partial charge >= 0.3 is 0 Å². The molecular weight excluding hydrogens is 200 g/mol. The molecule has 3 atom stereocenters. The van der Waals surface area contributed by atoms with Crippen molar-refractivity contribution in [2.24, 2.45) is 0 Å².